The van der Waals surface area contributed by atoms with Gasteiger partial charge in [-0.3, -0.25) is 19.4 Å². The summed E-state index contributed by atoms with van der Waals surface area (Å²) in [5.41, 5.74) is 9.58. The van der Waals surface area contributed by atoms with Gasteiger partial charge >= 0.3 is 6.09 Å². The Morgan fingerprint density at radius 3 is 2.29 bits per heavy atom. The standard InChI is InChI=1S/C53H62FN9O5/c1-33(2)50(65)42-14-13-40(26-34(42)3)62-30-41(31-62)59-20-22-60(23-21-59)46-15-12-39(28-43(46)54)56-48(64)27-36-8-10-38(11-9-36)57-51-55-29-37-18-19-61(32-44(37)58-51)45-16-17-47-49(35(45)4)63(24-25-67-47)52(66)68-53(5,6)7/h8-17,26,28-29,33,41H,18-25,27,30-32H2,1-7H3,(H,56,64)(H,55,57,58). The Balaban J connectivity index is 0.745. The van der Waals surface area contributed by atoms with Crippen molar-refractivity contribution in [1.29, 1.82) is 0 Å². The normalized spacial score (nSPS) is 16.4. The lowest BCUT2D eigenvalue weighted by Gasteiger charge is -2.49. The molecule has 9 rings (SSSR count). The van der Waals surface area contributed by atoms with E-state index in [0.29, 0.717) is 48.8 Å². The maximum atomic E-state index is 15.5. The summed E-state index contributed by atoms with van der Waals surface area (Å²) in [4.78, 5) is 59.2. The molecule has 2 saturated heterocycles. The molecule has 0 spiro atoms. The zero-order valence-corrected chi connectivity index (χ0v) is 40.2. The molecule has 4 aliphatic rings. The lowest BCUT2D eigenvalue weighted by atomic mass is 9.95. The lowest BCUT2D eigenvalue weighted by Crippen LogP contribution is -2.63. The molecule has 2 N–H and O–H groups in total. The van der Waals surface area contributed by atoms with Crippen LogP contribution in [0.3, 0.4) is 0 Å². The maximum absolute atomic E-state index is 15.5. The van der Waals surface area contributed by atoms with Crippen molar-refractivity contribution in [2.75, 3.05) is 89.2 Å². The van der Waals surface area contributed by atoms with E-state index >= 15 is 4.39 Å². The van der Waals surface area contributed by atoms with Gasteiger partial charge in [-0.05, 0) is 118 Å². The molecule has 0 saturated carbocycles. The van der Waals surface area contributed by atoms with Gasteiger partial charge in [-0.25, -0.2) is 19.2 Å². The number of amides is 2. The summed E-state index contributed by atoms with van der Waals surface area (Å²) in [5, 5.41) is 6.18. The Labute approximate surface area is 398 Å². The van der Waals surface area contributed by atoms with Crippen LogP contribution in [0.15, 0.2) is 79.0 Å². The van der Waals surface area contributed by atoms with Crippen LogP contribution in [-0.4, -0.2) is 103 Å². The van der Waals surface area contributed by atoms with Crippen LogP contribution in [0, 0.1) is 25.6 Å². The average molecular weight is 924 g/mol. The van der Waals surface area contributed by atoms with Crippen LogP contribution in [0.5, 0.6) is 5.75 Å². The minimum Gasteiger partial charge on any atom is -0.490 e. The number of nitrogens with zero attached hydrogens (tertiary/aromatic N) is 7. The van der Waals surface area contributed by atoms with Crippen LogP contribution in [0.2, 0.25) is 0 Å². The summed E-state index contributed by atoms with van der Waals surface area (Å²) in [6.07, 6.45) is 2.38. The van der Waals surface area contributed by atoms with E-state index in [1.54, 1.807) is 17.0 Å². The molecule has 0 bridgehead atoms. The number of piperazine rings is 1. The van der Waals surface area contributed by atoms with Crippen LogP contribution in [0.4, 0.5) is 49.3 Å². The molecule has 5 heterocycles. The molecule has 15 heteroatoms. The molecule has 0 unspecified atom stereocenters. The number of aryl methyl sites for hydroxylation is 1. The molecular formula is C53H62FN9O5. The Morgan fingerprint density at radius 1 is 0.853 bits per heavy atom. The zero-order chi connectivity index (χ0) is 47.9. The molecule has 2 fully saturated rings. The molecule has 0 radical (unpaired) electrons. The highest BCUT2D eigenvalue weighted by Gasteiger charge is 2.35. The van der Waals surface area contributed by atoms with E-state index in [9.17, 15) is 14.4 Å². The SMILES string of the molecule is Cc1cc(N2CC(N3CCN(c4ccc(NC(=O)Cc5ccc(Nc6ncc7c(n6)CN(c6ccc8c(c6C)N(C(=O)OC(C)(C)C)CCO8)CC7)cc5)cc4F)CC3)C2)ccc1C(=O)C(C)C. The van der Waals surface area contributed by atoms with Crippen molar-refractivity contribution >= 4 is 57.9 Å². The van der Waals surface area contributed by atoms with E-state index < -0.39 is 5.60 Å². The van der Waals surface area contributed by atoms with Gasteiger partial charge in [0.15, 0.2) is 5.78 Å². The molecule has 4 aliphatic heterocycles. The highest BCUT2D eigenvalue weighted by Crippen LogP contribution is 2.42. The Bertz CT molecular complexity index is 2710. The number of ether oxygens (including phenoxy) is 2. The third kappa shape index (κ3) is 10.1. The molecule has 0 aliphatic carbocycles. The van der Waals surface area contributed by atoms with Gasteiger partial charge in [-0.2, -0.15) is 0 Å². The number of carbonyl (C=O) groups is 3. The first-order valence-electron chi connectivity index (χ1n) is 23.8. The number of nitrogens with one attached hydrogen (secondary N) is 2. The van der Waals surface area contributed by atoms with E-state index in [1.165, 1.54) is 6.07 Å². The number of rotatable bonds is 11. The third-order valence-corrected chi connectivity index (χ3v) is 13.3. The van der Waals surface area contributed by atoms with Crippen molar-refractivity contribution in [1.82, 2.24) is 14.9 Å². The molecule has 0 atom stereocenters. The number of Topliss-reactive ketones (excluding diaryl/α,β-unsaturated/α-hetero) is 1. The summed E-state index contributed by atoms with van der Waals surface area (Å²) >= 11 is 0. The number of halogens is 1. The molecule has 14 nitrogen and oxygen atoms in total. The highest BCUT2D eigenvalue weighted by molar-refractivity contribution is 5.99. The smallest absolute Gasteiger partial charge is 0.415 e. The predicted molar refractivity (Wildman–Crippen MR) is 266 cm³/mol. The van der Waals surface area contributed by atoms with Crippen molar-refractivity contribution in [3.05, 3.63) is 118 Å². The molecule has 5 aromatic rings. The van der Waals surface area contributed by atoms with Crippen molar-refractivity contribution < 1.29 is 28.2 Å². The van der Waals surface area contributed by atoms with Gasteiger partial charge in [0, 0.05) is 97.8 Å². The van der Waals surface area contributed by atoms with Crippen molar-refractivity contribution in [3.8, 4) is 5.75 Å². The van der Waals surface area contributed by atoms with Gasteiger partial charge in [0.05, 0.1) is 36.6 Å². The van der Waals surface area contributed by atoms with E-state index in [2.05, 4.69) is 47.3 Å². The number of anilines is 7. The van der Waals surface area contributed by atoms with Crippen LogP contribution < -0.4 is 35.0 Å². The largest absolute Gasteiger partial charge is 0.490 e. The summed E-state index contributed by atoms with van der Waals surface area (Å²) in [6.45, 7) is 20.6. The number of aromatic nitrogens is 2. The second kappa shape index (κ2) is 19.1. The highest BCUT2D eigenvalue weighted by atomic mass is 19.1. The van der Waals surface area contributed by atoms with Crippen molar-refractivity contribution in [3.63, 3.8) is 0 Å². The number of hydrogen-bond acceptors (Lipinski definition) is 12. The number of fused-ring (bicyclic) bond motifs is 2. The van der Waals surface area contributed by atoms with Crippen LogP contribution in [0.1, 0.15) is 72.9 Å². The fourth-order valence-corrected chi connectivity index (χ4v) is 9.61. The first-order valence-corrected chi connectivity index (χ1v) is 23.8. The number of benzene rings is 4. The Hall–Kier alpha value is -6.74. The van der Waals surface area contributed by atoms with Gasteiger partial charge in [-0.15, -0.1) is 0 Å². The van der Waals surface area contributed by atoms with Gasteiger partial charge in [0.1, 0.15) is 23.8 Å². The minimum absolute atomic E-state index is 0.0238. The second-order valence-corrected chi connectivity index (χ2v) is 19.7. The van der Waals surface area contributed by atoms with E-state index in [4.69, 9.17) is 14.5 Å². The maximum Gasteiger partial charge on any atom is 0.415 e. The Kier molecular flexibility index (Phi) is 13.0. The predicted octanol–water partition coefficient (Wildman–Crippen LogP) is 8.70. The van der Waals surface area contributed by atoms with Crippen molar-refractivity contribution in [2.24, 2.45) is 5.92 Å². The van der Waals surface area contributed by atoms with Gasteiger partial charge in [-0.1, -0.05) is 26.0 Å². The molecule has 2 amide bonds. The second-order valence-electron chi connectivity index (χ2n) is 19.7. The number of hydrogen-bond donors (Lipinski definition) is 2. The Morgan fingerprint density at radius 2 is 1.59 bits per heavy atom. The molecule has 4 aromatic carbocycles. The van der Waals surface area contributed by atoms with E-state index in [-0.39, 0.29) is 35.9 Å². The fourth-order valence-electron chi connectivity index (χ4n) is 9.61. The summed E-state index contributed by atoms with van der Waals surface area (Å²) < 4.78 is 27.2. The molecule has 1 aromatic heterocycles. The quantitative estimate of drug-likeness (QED) is 0.123. The molecule has 68 heavy (non-hydrogen) atoms. The van der Waals surface area contributed by atoms with Gasteiger partial charge < -0.3 is 34.8 Å². The van der Waals surface area contributed by atoms with Gasteiger partial charge in [0.25, 0.3) is 0 Å². The monoisotopic (exact) mass is 923 g/mol. The summed E-state index contributed by atoms with van der Waals surface area (Å²) in [5.74, 6) is 0.691. The number of carbonyl (C=O) groups excluding carboxylic acids is 3. The van der Waals surface area contributed by atoms with Crippen LogP contribution in [-0.2, 0) is 28.9 Å². The van der Waals surface area contributed by atoms with E-state index in [1.807, 2.05) is 97.1 Å². The van der Waals surface area contributed by atoms with Gasteiger partial charge in [0.2, 0.25) is 11.9 Å². The average Bonchev–Trinajstić information content (AvgIpc) is 3.28. The molecule has 356 valence electrons. The minimum atomic E-state index is -0.618. The summed E-state index contributed by atoms with van der Waals surface area (Å²) in [7, 11) is 0. The van der Waals surface area contributed by atoms with Crippen molar-refractivity contribution in [2.45, 2.75) is 79.5 Å². The summed E-state index contributed by atoms with van der Waals surface area (Å²) in [6, 6.07) is 23.0. The fraction of sp³-hybridized carbons (Fsp3) is 0.415. The first-order chi connectivity index (χ1) is 32.6. The van der Waals surface area contributed by atoms with Crippen LogP contribution >= 0.6 is 0 Å². The zero-order valence-electron chi connectivity index (χ0n) is 40.2. The molecular weight excluding hydrogens is 862 g/mol. The topological polar surface area (TPSA) is 136 Å². The third-order valence-electron chi connectivity index (χ3n) is 13.3. The number of ketones is 1. The van der Waals surface area contributed by atoms with Crippen LogP contribution in [0.25, 0.3) is 0 Å². The lowest BCUT2D eigenvalue weighted by molar-refractivity contribution is -0.115. The van der Waals surface area contributed by atoms with E-state index in [0.717, 1.165) is 108 Å². The first kappa shape index (κ1) is 46.4.